The van der Waals surface area contributed by atoms with Crippen LogP contribution in [-0.2, 0) is 4.74 Å². The molecule has 3 N–H and O–H groups in total. The number of allylic oxidation sites excluding steroid dienone is 1. The van der Waals surface area contributed by atoms with Gasteiger partial charge in [-0.05, 0) is 13.0 Å². The SMILES string of the molecule is C/C(NC1CN(C2COC2)C1)=C(/N)c1cc(OCC(=O)c2ncc(F)cc2F)c2c(Cl)cnn2c1. The van der Waals surface area contributed by atoms with E-state index in [4.69, 9.17) is 26.8 Å². The number of hydrogen-bond acceptors (Lipinski definition) is 8. The van der Waals surface area contributed by atoms with Crippen LogP contribution in [-0.4, -0.2) is 70.3 Å². The number of ketones is 1. The number of fused-ring (bicyclic) bond motifs is 1. The van der Waals surface area contributed by atoms with E-state index in [0.717, 1.165) is 38.2 Å². The van der Waals surface area contributed by atoms with Gasteiger partial charge in [-0.1, -0.05) is 11.6 Å². The lowest BCUT2D eigenvalue weighted by molar-refractivity contribution is -0.0922. The predicted octanol–water partition coefficient (Wildman–Crippen LogP) is 2.24. The standard InChI is InChI=1S/C23H23ClF2N6O3/c1-12(30-15-7-31(8-15)16-9-34-10-16)21(27)13-2-20(23-17(24)5-29-32(23)6-13)35-11-19(33)22-18(26)3-14(25)4-28-22/h2-6,15-16,30H,7-11,27H2,1H3/b21-12-. The third kappa shape index (κ3) is 4.66. The van der Waals surface area contributed by atoms with Crippen LogP contribution in [0.3, 0.4) is 0 Å². The van der Waals surface area contributed by atoms with Gasteiger partial charge in [0.25, 0.3) is 0 Å². The summed E-state index contributed by atoms with van der Waals surface area (Å²) in [5, 5.41) is 7.96. The summed E-state index contributed by atoms with van der Waals surface area (Å²) in [6, 6.07) is 3.02. The summed E-state index contributed by atoms with van der Waals surface area (Å²) in [6.07, 6.45) is 3.91. The number of halogens is 3. The maximum Gasteiger partial charge on any atom is 0.221 e. The van der Waals surface area contributed by atoms with Crippen LogP contribution in [0.25, 0.3) is 11.2 Å². The minimum Gasteiger partial charge on any atom is -0.483 e. The number of likely N-dealkylation sites (tertiary alicyclic amines) is 1. The van der Waals surface area contributed by atoms with Gasteiger partial charge >= 0.3 is 0 Å². The lowest BCUT2D eigenvalue weighted by atomic mass is 10.0. The predicted molar refractivity (Wildman–Crippen MR) is 124 cm³/mol. The Kier molecular flexibility index (Phi) is 6.30. The fourth-order valence-corrected chi connectivity index (χ4v) is 4.30. The van der Waals surface area contributed by atoms with Gasteiger partial charge in [0.1, 0.15) is 22.8 Å². The average Bonchev–Trinajstić information content (AvgIpc) is 3.14. The van der Waals surface area contributed by atoms with E-state index in [9.17, 15) is 13.6 Å². The number of nitrogens with two attached hydrogens (primary N) is 1. The van der Waals surface area contributed by atoms with Gasteiger partial charge in [0.05, 0.1) is 48.4 Å². The maximum atomic E-state index is 13.9. The van der Waals surface area contributed by atoms with Crippen LogP contribution in [0.4, 0.5) is 8.78 Å². The van der Waals surface area contributed by atoms with Gasteiger partial charge < -0.3 is 20.5 Å². The first-order valence-electron chi connectivity index (χ1n) is 11.0. The van der Waals surface area contributed by atoms with Crippen molar-refractivity contribution in [3.05, 3.63) is 64.3 Å². The number of aromatic nitrogens is 3. The van der Waals surface area contributed by atoms with E-state index in [1.54, 1.807) is 12.3 Å². The average molecular weight is 505 g/mol. The number of carbonyl (C=O) groups excluding carboxylic acids is 1. The monoisotopic (exact) mass is 504 g/mol. The molecule has 2 fully saturated rings. The summed E-state index contributed by atoms with van der Waals surface area (Å²) < 4.78 is 39.5. The van der Waals surface area contributed by atoms with Crippen LogP contribution in [0.2, 0.25) is 5.02 Å². The van der Waals surface area contributed by atoms with Crippen molar-refractivity contribution in [2.24, 2.45) is 5.73 Å². The molecule has 0 spiro atoms. The molecule has 5 heterocycles. The smallest absolute Gasteiger partial charge is 0.221 e. The lowest BCUT2D eigenvalue weighted by Crippen LogP contribution is -2.65. The van der Waals surface area contributed by atoms with E-state index in [1.807, 2.05) is 6.92 Å². The molecular weight excluding hydrogens is 482 g/mol. The molecule has 5 rings (SSSR count). The molecule has 0 saturated carbocycles. The second-order valence-electron chi connectivity index (χ2n) is 8.60. The van der Waals surface area contributed by atoms with Gasteiger partial charge in [-0.25, -0.2) is 18.3 Å². The van der Waals surface area contributed by atoms with E-state index < -0.39 is 29.7 Å². The number of hydrogen-bond donors (Lipinski definition) is 2. The molecule has 2 aliphatic rings. The Hall–Kier alpha value is -3.28. The van der Waals surface area contributed by atoms with Crippen LogP contribution in [0.5, 0.6) is 5.75 Å². The van der Waals surface area contributed by atoms with Crippen LogP contribution in [0, 0.1) is 11.6 Å². The number of rotatable bonds is 8. The van der Waals surface area contributed by atoms with Crippen LogP contribution < -0.4 is 15.8 Å². The second kappa shape index (κ2) is 9.40. The van der Waals surface area contributed by atoms with Crippen molar-refractivity contribution in [2.45, 2.75) is 19.0 Å². The number of nitrogens with one attached hydrogen (secondary N) is 1. The number of ether oxygens (including phenoxy) is 2. The highest BCUT2D eigenvalue weighted by molar-refractivity contribution is 6.34. The van der Waals surface area contributed by atoms with Crippen molar-refractivity contribution in [3.8, 4) is 5.75 Å². The van der Waals surface area contributed by atoms with Crippen LogP contribution in [0.15, 0.2) is 36.4 Å². The van der Waals surface area contributed by atoms with Crippen molar-refractivity contribution in [1.29, 1.82) is 0 Å². The van der Waals surface area contributed by atoms with Crippen molar-refractivity contribution >= 4 is 28.6 Å². The molecule has 2 aliphatic heterocycles. The minimum absolute atomic E-state index is 0.233. The zero-order valence-corrected chi connectivity index (χ0v) is 19.6. The summed E-state index contributed by atoms with van der Waals surface area (Å²) in [7, 11) is 0. The summed E-state index contributed by atoms with van der Waals surface area (Å²) in [4.78, 5) is 18.3. The highest BCUT2D eigenvalue weighted by Crippen LogP contribution is 2.30. The molecular formula is C23H23ClF2N6O3. The summed E-state index contributed by atoms with van der Waals surface area (Å²) in [6.45, 7) is 4.74. The molecule has 0 aromatic carbocycles. The number of carbonyl (C=O) groups is 1. The second-order valence-corrected chi connectivity index (χ2v) is 9.01. The Morgan fingerprint density at radius 3 is 2.77 bits per heavy atom. The normalized spacial score (nSPS) is 17.6. The van der Waals surface area contributed by atoms with Crippen LogP contribution >= 0.6 is 11.6 Å². The summed E-state index contributed by atoms with van der Waals surface area (Å²) >= 11 is 6.27. The van der Waals surface area contributed by atoms with Gasteiger partial charge in [0.2, 0.25) is 5.78 Å². The first-order chi connectivity index (χ1) is 16.8. The molecule has 0 atom stereocenters. The zero-order chi connectivity index (χ0) is 24.7. The molecule has 35 heavy (non-hydrogen) atoms. The third-order valence-corrected chi connectivity index (χ3v) is 6.42. The highest BCUT2D eigenvalue weighted by atomic mass is 35.5. The molecule has 0 aliphatic carbocycles. The Balaban J connectivity index is 1.34. The first-order valence-corrected chi connectivity index (χ1v) is 11.4. The van der Waals surface area contributed by atoms with Crippen molar-refractivity contribution in [2.75, 3.05) is 32.9 Å². The molecule has 184 valence electrons. The van der Waals surface area contributed by atoms with Gasteiger partial charge in [0, 0.05) is 36.6 Å². The molecule has 0 bridgehead atoms. The number of Topliss-reactive ketones (excluding diaryl/α,β-unsaturated/α-hetero) is 1. The Bertz CT molecular complexity index is 1320. The fraction of sp³-hybridized carbons (Fsp3) is 0.348. The molecule has 0 radical (unpaired) electrons. The third-order valence-electron chi connectivity index (χ3n) is 6.15. The molecule has 9 nitrogen and oxygen atoms in total. The lowest BCUT2D eigenvalue weighted by Gasteiger charge is -2.47. The van der Waals surface area contributed by atoms with Crippen molar-refractivity contribution in [3.63, 3.8) is 0 Å². The van der Waals surface area contributed by atoms with Crippen molar-refractivity contribution < 1.29 is 23.0 Å². The summed E-state index contributed by atoms with van der Waals surface area (Å²) in [5.41, 5.74) is 8.21. The van der Waals surface area contributed by atoms with Gasteiger partial charge in [-0.15, -0.1) is 0 Å². The van der Waals surface area contributed by atoms with E-state index >= 15 is 0 Å². The van der Waals surface area contributed by atoms with Gasteiger partial charge in [0.15, 0.2) is 12.4 Å². The Labute approximate surface area is 204 Å². The molecule has 0 amide bonds. The van der Waals surface area contributed by atoms with E-state index in [-0.39, 0.29) is 11.8 Å². The maximum absolute atomic E-state index is 13.9. The van der Waals surface area contributed by atoms with E-state index in [0.29, 0.717) is 33.9 Å². The number of pyridine rings is 2. The van der Waals surface area contributed by atoms with E-state index in [2.05, 4.69) is 20.3 Å². The molecule has 3 aromatic heterocycles. The Morgan fingerprint density at radius 2 is 2.09 bits per heavy atom. The Morgan fingerprint density at radius 1 is 1.31 bits per heavy atom. The minimum atomic E-state index is -1.06. The molecule has 12 heteroatoms. The molecule has 0 unspecified atom stereocenters. The van der Waals surface area contributed by atoms with Gasteiger partial charge in [-0.3, -0.25) is 9.69 Å². The largest absolute Gasteiger partial charge is 0.483 e. The highest BCUT2D eigenvalue weighted by Gasteiger charge is 2.36. The zero-order valence-electron chi connectivity index (χ0n) is 18.8. The first kappa shape index (κ1) is 23.5. The summed E-state index contributed by atoms with van der Waals surface area (Å²) in [5.74, 6) is -2.46. The number of nitrogens with zero attached hydrogens (tertiary/aromatic N) is 4. The van der Waals surface area contributed by atoms with Crippen molar-refractivity contribution in [1.82, 2.24) is 24.8 Å². The molecule has 2 saturated heterocycles. The topological polar surface area (TPSA) is 107 Å². The van der Waals surface area contributed by atoms with Gasteiger partial charge in [-0.2, -0.15) is 5.10 Å². The van der Waals surface area contributed by atoms with E-state index in [1.165, 1.54) is 10.7 Å². The van der Waals surface area contributed by atoms with Crippen LogP contribution in [0.1, 0.15) is 23.0 Å². The molecule has 3 aromatic rings. The fourth-order valence-electron chi connectivity index (χ4n) is 4.07. The quantitative estimate of drug-likeness (QED) is 0.450.